The van der Waals surface area contributed by atoms with Gasteiger partial charge in [0.05, 0.1) is 11.7 Å². The van der Waals surface area contributed by atoms with Crippen molar-refractivity contribution >= 4 is 22.8 Å². The minimum Gasteiger partial charge on any atom is -0.388 e. The number of aryl methyl sites for hydroxylation is 1. The Morgan fingerprint density at radius 1 is 1.16 bits per heavy atom. The topological polar surface area (TPSA) is 114 Å². The van der Waals surface area contributed by atoms with Crippen LogP contribution in [0.5, 0.6) is 0 Å². The first-order chi connectivity index (χ1) is 18.0. The van der Waals surface area contributed by atoms with Crippen LogP contribution in [-0.4, -0.2) is 63.7 Å². The molecule has 0 saturated carbocycles. The Kier molecular flexibility index (Phi) is 7.99. The lowest BCUT2D eigenvalue weighted by atomic mass is 9.97. The summed E-state index contributed by atoms with van der Waals surface area (Å²) in [4.78, 5) is 28.7. The van der Waals surface area contributed by atoms with Crippen molar-refractivity contribution in [1.29, 1.82) is 0 Å². The molecule has 10 heteroatoms. The summed E-state index contributed by atoms with van der Waals surface area (Å²) in [5.41, 5.74) is 5.22. The second-order valence-electron chi connectivity index (χ2n) is 10.1. The fraction of sp³-hybridized carbons (Fsp3) is 0.519. The molecule has 0 radical (unpaired) electrons. The fourth-order valence-electron chi connectivity index (χ4n) is 5.12. The second kappa shape index (κ2) is 11.6. The number of anilines is 1. The van der Waals surface area contributed by atoms with E-state index >= 15 is 0 Å². The summed E-state index contributed by atoms with van der Waals surface area (Å²) in [7, 11) is 2.09. The molecule has 3 atom stereocenters. The number of fused-ring (bicyclic) bond motifs is 1. The van der Waals surface area contributed by atoms with E-state index in [0.29, 0.717) is 18.3 Å². The number of benzene rings is 1. The van der Waals surface area contributed by atoms with Crippen molar-refractivity contribution in [3.05, 3.63) is 54.0 Å². The van der Waals surface area contributed by atoms with E-state index in [1.54, 1.807) is 0 Å². The molecule has 10 nitrogen and oxygen atoms in total. The number of hydrogen-bond acceptors (Lipinski definition) is 8. The number of nitrogens with one attached hydrogen (secondary N) is 2. The number of rotatable bonds is 8. The Morgan fingerprint density at radius 2 is 1.92 bits per heavy atom. The molecular formula is C27H36N6O4. The number of aliphatic hydroxyl groups excluding tert-OH is 1. The standard InChI is InChI=1S/C27H36N6O4/c1-18-7-8-24(34)26(36-18)37-31-25(35)20-15-29-27(30-16-20)33-11-9-19(10-12-33)13-28-14-21-17-32(2)23-6-4-3-5-22(21)23/h3-6,15-19,24,26,28,34H,7-14H2,1-2H3,(H,31,35)/t18-,24-,26-/m0/s1. The predicted molar refractivity (Wildman–Crippen MR) is 140 cm³/mol. The molecule has 0 aliphatic carbocycles. The molecule has 5 rings (SSSR count). The maximum absolute atomic E-state index is 12.4. The molecule has 3 aromatic rings. The molecule has 2 fully saturated rings. The number of hydrogen-bond donors (Lipinski definition) is 3. The fourth-order valence-corrected chi connectivity index (χ4v) is 5.12. The summed E-state index contributed by atoms with van der Waals surface area (Å²) in [5.74, 6) is 0.754. The predicted octanol–water partition coefficient (Wildman–Crippen LogP) is 2.52. The summed E-state index contributed by atoms with van der Waals surface area (Å²) in [6.07, 6.45) is 6.97. The van der Waals surface area contributed by atoms with Crippen LogP contribution in [0.15, 0.2) is 42.9 Å². The summed E-state index contributed by atoms with van der Waals surface area (Å²) < 4.78 is 7.71. The Labute approximate surface area is 216 Å². The van der Waals surface area contributed by atoms with Gasteiger partial charge in [-0.25, -0.2) is 20.3 Å². The van der Waals surface area contributed by atoms with Crippen molar-refractivity contribution in [3.8, 4) is 0 Å². The maximum Gasteiger partial charge on any atom is 0.278 e. The lowest BCUT2D eigenvalue weighted by molar-refractivity contribution is -0.253. The van der Waals surface area contributed by atoms with E-state index in [0.717, 1.165) is 45.4 Å². The molecule has 0 unspecified atom stereocenters. The van der Waals surface area contributed by atoms with E-state index in [-0.39, 0.29) is 11.7 Å². The van der Waals surface area contributed by atoms with E-state index in [1.807, 2.05) is 6.92 Å². The molecule has 2 aromatic heterocycles. The number of carbonyl (C=O) groups excluding carboxylic acids is 1. The van der Waals surface area contributed by atoms with Crippen LogP contribution in [0.4, 0.5) is 5.95 Å². The van der Waals surface area contributed by atoms with Crippen LogP contribution in [0.2, 0.25) is 0 Å². The highest BCUT2D eigenvalue weighted by molar-refractivity contribution is 5.92. The average molecular weight is 509 g/mol. The monoisotopic (exact) mass is 508 g/mol. The molecule has 37 heavy (non-hydrogen) atoms. The molecule has 0 bridgehead atoms. The van der Waals surface area contributed by atoms with E-state index in [4.69, 9.17) is 9.57 Å². The van der Waals surface area contributed by atoms with Gasteiger partial charge in [-0.3, -0.25) is 4.79 Å². The zero-order valence-electron chi connectivity index (χ0n) is 21.5. The molecule has 1 aromatic carbocycles. The number of ether oxygens (including phenoxy) is 1. The Bertz CT molecular complexity index is 1190. The van der Waals surface area contributed by atoms with E-state index < -0.39 is 18.3 Å². The third kappa shape index (κ3) is 6.10. The SMILES string of the molecule is C[C@H]1CC[C@H](O)[C@H](ONC(=O)c2cnc(N3CCC(CNCc4cn(C)c5ccccc45)CC3)nc2)O1. The summed E-state index contributed by atoms with van der Waals surface area (Å²) in [6, 6.07) is 8.51. The van der Waals surface area contributed by atoms with Gasteiger partial charge in [-0.05, 0) is 56.7 Å². The Morgan fingerprint density at radius 3 is 2.70 bits per heavy atom. The summed E-state index contributed by atoms with van der Waals surface area (Å²) in [6.45, 7) is 5.51. The largest absolute Gasteiger partial charge is 0.388 e. The van der Waals surface area contributed by atoms with Crippen LogP contribution in [-0.2, 0) is 23.2 Å². The van der Waals surface area contributed by atoms with Crippen molar-refractivity contribution in [2.75, 3.05) is 24.5 Å². The highest BCUT2D eigenvalue weighted by atomic mass is 16.8. The molecule has 2 aliphatic heterocycles. The number of hydroxylamine groups is 1. The van der Waals surface area contributed by atoms with Crippen LogP contribution >= 0.6 is 0 Å². The van der Waals surface area contributed by atoms with Crippen LogP contribution in [0, 0.1) is 5.92 Å². The molecule has 1 amide bonds. The van der Waals surface area contributed by atoms with Gasteiger partial charge in [0, 0.05) is 56.2 Å². The third-order valence-corrected chi connectivity index (χ3v) is 7.34. The van der Waals surface area contributed by atoms with Crippen molar-refractivity contribution in [1.82, 2.24) is 25.3 Å². The molecule has 2 aliphatic rings. The third-order valence-electron chi connectivity index (χ3n) is 7.34. The number of carbonyl (C=O) groups is 1. The normalized spacial score (nSPS) is 22.9. The average Bonchev–Trinajstić information content (AvgIpc) is 3.25. The number of aromatic nitrogens is 3. The van der Waals surface area contributed by atoms with Gasteiger partial charge in [0.25, 0.3) is 5.91 Å². The quantitative estimate of drug-likeness (QED) is 0.398. The molecule has 4 heterocycles. The van der Waals surface area contributed by atoms with Crippen molar-refractivity contribution in [2.24, 2.45) is 13.0 Å². The van der Waals surface area contributed by atoms with Crippen molar-refractivity contribution in [3.63, 3.8) is 0 Å². The van der Waals surface area contributed by atoms with E-state index in [1.165, 1.54) is 28.9 Å². The van der Waals surface area contributed by atoms with Gasteiger partial charge in [0.15, 0.2) is 0 Å². The number of amides is 1. The molecule has 3 N–H and O–H groups in total. The van der Waals surface area contributed by atoms with Gasteiger partial charge >= 0.3 is 0 Å². The van der Waals surface area contributed by atoms with E-state index in [9.17, 15) is 9.90 Å². The Hall–Kier alpha value is -3.05. The number of para-hydroxylation sites is 1. The number of nitrogens with zero attached hydrogens (tertiary/aromatic N) is 4. The van der Waals surface area contributed by atoms with Crippen molar-refractivity contribution < 1.29 is 19.5 Å². The lowest BCUT2D eigenvalue weighted by Crippen LogP contribution is -2.43. The van der Waals surface area contributed by atoms with Crippen LogP contribution < -0.4 is 15.7 Å². The Balaban J connectivity index is 1.05. The highest BCUT2D eigenvalue weighted by Gasteiger charge is 2.29. The summed E-state index contributed by atoms with van der Waals surface area (Å²) in [5, 5.41) is 14.9. The molecule has 2 saturated heterocycles. The summed E-state index contributed by atoms with van der Waals surface area (Å²) >= 11 is 0. The van der Waals surface area contributed by atoms with Crippen LogP contribution in [0.25, 0.3) is 10.9 Å². The second-order valence-corrected chi connectivity index (χ2v) is 10.1. The molecule has 0 spiro atoms. The first-order valence-corrected chi connectivity index (χ1v) is 13.1. The van der Waals surface area contributed by atoms with Gasteiger partial charge in [0.2, 0.25) is 12.2 Å². The van der Waals surface area contributed by atoms with Crippen molar-refractivity contribution in [2.45, 2.75) is 57.6 Å². The van der Waals surface area contributed by atoms with Gasteiger partial charge in [-0.1, -0.05) is 18.2 Å². The molecule has 198 valence electrons. The first-order valence-electron chi connectivity index (χ1n) is 13.1. The van der Waals surface area contributed by atoms with Gasteiger partial charge < -0.3 is 24.6 Å². The van der Waals surface area contributed by atoms with E-state index in [2.05, 4.69) is 67.7 Å². The minimum absolute atomic E-state index is 0.0305. The number of piperidine rings is 1. The lowest BCUT2D eigenvalue weighted by Gasteiger charge is -2.32. The zero-order chi connectivity index (χ0) is 25.8. The smallest absolute Gasteiger partial charge is 0.278 e. The maximum atomic E-state index is 12.4. The van der Waals surface area contributed by atoms with Gasteiger partial charge in [-0.2, -0.15) is 0 Å². The number of aliphatic hydroxyl groups is 1. The first kappa shape index (κ1) is 25.6. The highest BCUT2D eigenvalue weighted by Crippen LogP contribution is 2.23. The zero-order valence-corrected chi connectivity index (χ0v) is 21.5. The minimum atomic E-state index is -0.879. The van der Waals surface area contributed by atoms with Crippen LogP contribution in [0.1, 0.15) is 48.5 Å². The van der Waals surface area contributed by atoms with Crippen LogP contribution in [0.3, 0.4) is 0 Å². The van der Waals surface area contributed by atoms with Gasteiger partial charge in [0.1, 0.15) is 6.10 Å². The van der Waals surface area contributed by atoms with Gasteiger partial charge in [-0.15, -0.1) is 0 Å². The molecular weight excluding hydrogens is 472 g/mol.